The van der Waals surface area contributed by atoms with Crippen molar-refractivity contribution in [3.63, 3.8) is 0 Å². The van der Waals surface area contributed by atoms with E-state index in [-0.39, 0.29) is 11.9 Å². The normalized spacial score (nSPS) is 20.1. The average Bonchev–Trinajstić information content (AvgIpc) is 2.90. The summed E-state index contributed by atoms with van der Waals surface area (Å²) in [6.45, 7) is 5.98. The molecular weight excluding hydrogens is 246 g/mol. The number of nitrogens with one attached hydrogen (secondary N) is 1. The molecule has 1 aliphatic rings. The molecule has 18 heavy (non-hydrogen) atoms. The Morgan fingerprint density at radius 2 is 2.44 bits per heavy atom. The number of carbonyl (C=O) groups excluding carboxylic acids is 1. The monoisotopic (exact) mass is 267 g/mol. The second-order valence-corrected chi connectivity index (χ2v) is 5.79. The number of piperidine rings is 1. The van der Waals surface area contributed by atoms with Gasteiger partial charge in [-0.05, 0) is 33.2 Å². The SMILES string of the molecule is CC(C)N(CC1CCCCN1)C(=O)c1cscn1. The molecule has 4 nitrogen and oxygen atoms in total. The molecule has 2 heterocycles. The van der Waals surface area contributed by atoms with Gasteiger partial charge in [0.25, 0.3) is 5.91 Å². The summed E-state index contributed by atoms with van der Waals surface area (Å²) in [5.41, 5.74) is 2.29. The van der Waals surface area contributed by atoms with Crippen LogP contribution in [0.2, 0.25) is 0 Å². The van der Waals surface area contributed by atoms with Crippen molar-refractivity contribution in [1.29, 1.82) is 0 Å². The van der Waals surface area contributed by atoms with E-state index in [4.69, 9.17) is 0 Å². The van der Waals surface area contributed by atoms with Crippen molar-refractivity contribution in [2.45, 2.75) is 45.2 Å². The van der Waals surface area contributed by atoms with Crippen molar-refractivity contribution < 1.29 is 4.79 Å². The third-order valence-electron chi connectivity index (χ3n) is 3.37. The molecule has 0 spiro atoms. The van der Waals surface area contributed by atoms with Gasteiger partial charge in [-0.3, -0.25) is 4.79 Å². The minimum atomic E-state index is 0.0543. The van der Waals surface area contributed by atoms with Crippen LogP contribution in [0, 0.1) is 0 Å². The standard InChI is InChI=1S/C13H21N3OS/c1-10(2)16(7-11-5-3-4-6-14-11)13(17)12-8-18-9-15-12/h8-11,14H,3-7H2,1-2H3. The van der Waals surface area contributed by atoms with E-state index in [0.29, 0.717) is 11.7 Å². The Hall–Kier alpha value is -0.940. The smallest absolute Gasteiger partial charge is 0.273 e. The lowest BCUT2D eigenvalue weighted by atomic mass is 10.0. The van der Waals surface area contributed by atoms with Gasteiger partial charge < -0.3 is 10.2 Å². The first-order chi connectivity index (χ1) is 8.68. The highest BCUT2D eigenvalue weighted by molar-refractivity contribution is 7.07. The van der Waals surface area contributed by atoms with Crippen LogP contribution in [-0.2, 0) is 0 Å². The Bertz CT molecular complexity index is 372. The Labute approximate surface area is 112 Å². The van der Waals surface area contributed by atoms with Crippen molar-refractivity contribution in [1.82, 2.24) is 15.2 Å². The molecule has 1 N–H and O–H groups in total. The lowest BCUT2D eigenvalue weighted by molar-refractivity contribution is 0.0671. The maximum absolute atomic E-state index is 12.4. The summed E-state index contributed by atoms with van der Waals surface area (Å²) < 4.78 is 0. The van der Waals surface area contributed by atoms with Crippen LogP contribution in [-0.4, -0.2) is 41.0 Å². The molecule has 0 saturated carbocycles. The summed E-state index contributed by atoms with van der Waals surface area (Å²) in [4.78, 5) is 18.4. The van der Waals surface area contributed by atoms with Crippen LogP contribution in [0.15, 0.2) is 10.9 Å². The van der Waals surface area contributed by atoms with E-state index in [1.165, 1.54) is 24.2 Å². The molecule has 100 valence electrons. The maximum Gasteiger partial charge on any atom is 0.273 e. The molecule has 1 amide bonds. The predicted molar refractivity (Wildman–Crippen MR) is 73.9 cm³/mol. The summed E-state index contributed by atoms with van der Waals surface area (Å²) in [7, 11) is 0. The molecule has 1 aliphatic heterocycles. The molecule has 0 aliphatic carbocycles. The Morgan fingerprint density at radius 1 is 1.61 bits per heavy atom. The molecule has 1 atom stereocenters. The van der Waals surface area contributed by atoms with E-state index in [1.54, 1.807) is 5.51 Å². The van der Waals surface area contributed by atoms with Crippen LogP contribution in [0.5, 0.6) is 0 Å². The fourth-order valence-electron chi connectivity index (χ4n) is 2.31. The first kappa shape index (κ1) is 13.5. The van der Waals surface area contributed by atoms with Crippen LogP contribution in [0.4, 0.5) is 0 Å². The first-order valence-electron chi connectivity index (χ1n) is 6.61. The zero-order chi connectivity index (χ0) is 13.0. The fraction of sp³-hybridized carbons (Fsp3) is 0.692. The van der Waals surface area contributed by atoms with Crippen LogP contribution in [0.3, 0.4) is 0 Å². The number of amides is 1. The van der Waals surface area contributed by atoms with Crippen molar-refractivity contribution in [2.75, 3.05) is 13.1 Å². The molecule has 1 unspecified atom stereocenters. The van der Waals surface area contributed by atoms with Gasteiger partial charge in [0.2, 0.25) is 0 Å². The van der Waals surface area contributed by atoms with Crippen molar-refractivity contribution in [2.24, 2.45) is 0 Å². The van der Waals surface area contributed by atoms with Gasteiger partial charge in [-0.15, -0.1) is 11.3 Å². The van der Waals surface area contributed by atoms with E-state index in [1.807, 2.05) is 10.3 Å². The number of thiazole rings is 1. The first-order valence-corrected chi connectivity index (χ1v) is 7.55. The number of rotatable bonds is 4. The molecule has 0 radical (unpaired) electrons. The highest BCUT2D eigenvalue weighted by atomic mass is 32.1. The lowest BCUT2D eigenvalue weighted by Gasteiger charge is -2.32. The van der Waals surface area contributed by atoms with Gasteiger partial charge in [0.1, 0.15) is 5.69 Å². The van der Waals surface area contributed by atoms with Gasteiger partial charge in [0, 0.05) is 24.0 Å². The second-order valence-electron chi connectivity index (χ2n) is 5.07. The summed E-state index contributed by atoms with van der Waals surface area (Å²) >= 11 is 1.47. The minimum absolute atomic E-state index is 0.0543. The molecule has 1 fully saturated rings. The third-order valence-corrected chi connectivity index (χ3v) is 3.95. The summed E-state index contributed by atoms with van der Waals surface area (Å²) in [5, 5.41) is 5.32. The largest absolute Gasteiger partial charge is 0.333 e. The summed E-state index contributed by atoms with van der Waals surface area (Å²) in [6, 6.07) is 0.645. The maximum atomic E-state index is 12.4. The Kier molecular flexibility index (Phi) is 4.72. The number of nitrogens with zero attached hydrogens (tertiary/aromatic N) is 2. The quantitative estimate of drug-likeness (QED) is 0.909. The van der Waals surface area contributed by atoms with Crippen molar-refractivity contribution in [3.05, 3.63) is 16.6 Å². The highest BCUT2D eigenvalue weighted by Crippen LogP contribution is 2.13. The number of hydrogen-bond acceptors (Lipinski definition) is 4. The fourth-order valence-corrected chi connectivity index (χ4v) is 2.84. The topological polar surface area (TPSA) is 45.2 Å². The third kappa shape index (κ3) is 3.29. The molecule has 0 aromatic carbocycles. The molecular formula is C13H21N3OS. The Morgan fingerprint density at radius 3 is 3.00 bits per heavy atom. The van der Waals surface area contributed by atoms with Gasteiger partial charge in [-0.2, -0.15) is 0 Å². The van der Waals surface area contributed by atoms with Crippen LogP contribution >= 0.6 is 11.3 Å². The molecule has 1 saturated heterocycles. The molecule has 5 heteroatoms. The number of aromatic nitrogens is 1. The van der Waals surface area contributed by atoms with Crippen LogP contribution in [0.1, 0.15) is 43.6 Å². The lowest BCUT2D eigenvalue weighted by Crippen LogP contribution is -2.48. The summed E-state index contributed by atoms with van der Waals surface area (Å²) in [5.74, 6) is 0.0543. The zero-order valence-electron chi connectivity index (χ0n) is 11.1. The minimum Gasteiger partial charge on any atom is -0.333 e. The zero-order valence-corrected chi connectivity index (χ0v) is 11.9. The number of hydrogen-bond donors (Lipinski definition) is 1. The van der Waals surface area contributed by atoms with Gasteiger partial charge in [0.15, 0.2) is 0 Å². The van der Waals surface area contributed by atoms with Gasteiger partial charge in [-0.1, -0.05) is 6.42 Å². The molecule has 1 aromatic rings. The van der Waals surface area contributed by atoms with Crippen molar-refractivity contribution >= 4 is 17.2 Å². The predicted octanol–water partition coefficient (Wildman–Crippen LogP) is 2.14. The van der Waals surface area contributed by atoms with E-state index in [0.717, 1.165) is 19.5 Å². The summed E-state index contributed by atoms with van der Waals surface area (Å²) in [6.07, 6.45) is 3.67. The number of carbonyl (C=O) groups is 1. The molecule has 2 rings (SSSR count). The van der Waals surface area contributed by atoms with Crippen LogP contribution in [0.25, 0.3) is 0 Å². The van der Waals surface area contributed by atoms with E-state index < -0.39 is 0 Å². The van der Waals surface area contributed by atoms with Crippen LogP contribution < -0.4 is 5.32 Å². The van der Waals surface area contributed by atoms with Gasteiger partial charge in [0.05, 0.1) is 5.51 Å². The molecule has 1 aromatic heterocycles. The van der Waals surface area contributed by atoms with Gasteiger partial charge >= 0.3 is 0 Å². The van der Waals surface area contributed by atoms with E-state index in [2.05, 4.69) is 24.1 Å². The second kappa shape index (κ2) is 6.29. The Balaban J connectivity index is 2.01. The van der Waals surface area contributed by atoms with Gasteiger partial charge in [-0.25, -0.2) is 4.98 Å². The average molecular weight is 267 g/mol. The molecule has 0 bridgehead atoms. The van der Waals surface area contributed by atoms with E-state index >= 15 is 0 Å². The van der Waals surface area contributed by atoms with E-state index in [9.17, 15) is 4.79 Å². The van der Waals surface area contributed by atoms with Crippen molar-refractivity contribution in [3.8, 4) is 0 Å². The highest BCUT2D eigenvalue weighted by Gasteiger charge is 2.24.